The van der Waals surface area contributed by atoms with Crippen LogP contribution in [0.3, 0.4) is 0 Å². The van der Waals surface area contributed by atoms with Gasteiger partial charge in [0, 0.05) is 30.8 Å². The highest BCUT2D eigenvalue weighted by molar-refractivity contribution is 5.95. The molecule has 0 N–H and O–H groups in total. The van der Waals surface area contributed by atoms with Gasteiger partial charge in [-0.3, -0.25) is 14.4 Å². The number of carbonyl (C=O) groups excluding carboxylic acids is 2. The molecule has 0 aliphatic carbocycles. The molecule has 0 radical (unpaired) electrons. The van der Waals surface area contributed by atoms with Crippen molar-refractivity contribution >= 4 is 11.9 Å². The lowest BCUT2D eigenvalue weighted by atomic mass is 10.2. The van der Waals surface area contributed by atoms with Gasteiger partial charge in [0.15, 0.2) is 0 Å². The van der Waals surface area contributed by atoms with E-state index in [1.54, 1.807) is 25.1 Å². The van der Waals surface area contributed by atoms with Crippen LogP contribution in [-0.2, 0) is 16.1 Å². The van der Waals surface area contributed by atoms with Crippen LogP contribution in [0.1, 0.15) is 30.1 Å². The molecule has 0 unspecified atom stereocenters. The molecule has 7 nitrogen and oxygen atoms in total. The van der Waals surface area contributed by atoms with Crippen molar-refractivity contribution in [3.63, 3.8) is 0 Å². The van der Waals surface area contributed by atoms with Crippen LogP contribution in [-0.4, -0.2) is 27.6 Å². The zero-order valence-electron chi connectivity index (χ0n) is 13.3. The Morgan fingerprint density at radius 1 is 1.08 bits per heavy atom. The van der Waals surface area contributed by atoms with Crippen LogP contribution in [0, 0.1) is 0 Å². The maximum atomic E-state index is 12.4. The smallest absolute Gasteiger partial charge is 0.338 e. The van der Waals surface area contributed by atoms with Gasteiger partial charge in [-0.1, -0.05) is 18.2 Å². The molecule has 0 bridgehead atoms. The topological polar surface area (TPSA) is 87.4 Å². The van der Waals surface area contributed by atoms with Crippen molar-refractivity contribution in [1.82, 2.24) is 9.13 Å². The Kier molecular flexibility index (Phi) is 5.83. The largest absolute Gasteiger partial charge is 0.466 e. The highest BCUT2D eigenvalue weighted by Crippen LogP contribution is 2.00. The molecule has 0 aliphatic rings. The lowest BCUT2D eigenvalue weighted by molar-refractivity contribution is -0.143. The fraction of sp³-hybridized carbons (Fsp3) is 0.294. The number of rotatable bonds is 6. The molecule has 1 aromatic carbocycles. The Bertz CT molecular complexity index is 836. The van der Waals surface area contributed by atoms with E-state index in [0.717, 1.165) is 6.07 Å². The SMILES string of the molecule is CCOC(=O)CCCn1ccc(=O)n(C(=O)c2ccccc2)c1=O. The predicted octanol–water partition coefficient (Wildman–Crippen LogP) is 1.04. The average Bonchev–Trinajstić information content (AvgIpc) is 2.58. The number of aryl methyl sites for hydroxylation is 1. The van der Waals surface area contributed by atoms with Gasteiger partial charge in [0.1, 0.15) is 0 Å². The normalized spacial score (nSPS) is 10.4. The van der Waals surface area contributed by atoms with Crippen molar-refractivity contribution in [2.75, 3.05) is 6.61 Å². The minimum Gasteiger partial charge on any atom is -0.466 e. The van der Waals surface area contributed by atoms with E-state index < -0.39 is 17.2 Å². The molecule has 0 aliphatic heterocycles. The number of nitrogens with zero attached hydrogens (tertiary/aromatic N) is 2. The fourth-order valence-electron chi connectivity index (χ4n) is 2.21. The summed E-state index contributed by atoms with van der Waals surface area (Å²) in [6.07, 6.45) is 1.85. The first kappa shape index (κ1) is 17.4. The molecule has 0 atom stereocenters. The summed E-state index contributed by atoms with van der Waals surface area (Å²) in [5.41, 5.74) is -1.16. The Balaban J connectivity index is 2.22. The summed E-state index contributed by atoms with van der Waals surface area (Å²) in [5, 5.41) is 0. The van der Waals surface area contributed by atoms with Gasteiger partial charge in [-0.25, -0.2) is 4.79 Å². The minimum absolute atomic E-state index is 0.159. The summed E-state index contributed by atoms with van der Waals surface area (Å²) in [7, 11) is 0. The van der Waals surface area contributed by atoms with E-state index in [0.29, 0.717) is 17.6 Å². The number of ether oxygens (including phenoxy) is 1. The summed E-state index contributed by atoms with van der Waals surface area (Å²) in [6, 6.07) is 9.27. The van der Waals surface area contributed by atoms with E-state index in [1.807, 2.05) is 0 Å². The van der Waals surface area contributed by atoms with Crippen LogP contribution in [0.5, 0.6) is 0 Å². The van der Waals surface area contributed by atoms with Crippen molar-refractivity contribution in [2.24, 2.45) is 0 Å². The van der Waals surface area contributed by atoms with Crippen molar-refractivity contribution in [3.8, 4) is 0 Å². The van der Waals surface area contributed by atoms with E-state index >= 15 is 0 Å². The first-order valence-electron chi connectivity index (χ1n) is 7.62. The van der Waals surface area contributed by atoms with Crippen LogP contribution in [0.15, 0.2) is 52.2 Å². The standard InChI is InChI=1S/C17H18N2O5/c1-2-24-15(21)9-6-11-18-12-10-14(20)19(17(18)23)16(22)13-7-4-3-5-8-13/h3-5,7-8,10,12H,2,6,9,11H2,1H3. The number of esters is 1. The van der Waals surface area contributed by atoms with Crippen molar-refractivity contribution in [2.45, 2.75) is 26.3 Å². The molecule has 0 amide bonds. The Morgan fingerprint density at radius 2 is 1.79 bits per heavy atom. The molecule has 2 rings (SSSR count). The van der Waals surface area contributed by atoms with Crippen LogP contribution >= 0.6 is 0 Å². The molecule has 0 spiro atoms. The van der Waals surface area contributed by atoms with Gasteiger partial charge in [-0.15, -0.1) is 0 Å². The highest BCUT2D eigenvalue weighted by atomic mass is 16.5. The number of benzene rings is 1. The molecule has 0 saturated heterocycles. The molecular formula is C17H18N2O5. The van der Waals surface area contributed by atoms with E-state index in [4.69, 9.17) is 4.74 Å². The average molecular weight is 330 g/mol. The zero-order chi connectivity index (χ0) is 17.5. The first-order valence-corrected chi connectivity index (χ1v) is 7.62. The van der Waals surface area contributed by atoms with E-state index in [2.05, 4.69) is 0 Å². The minimum atomic E-state index is -0.722. The van der Waals surface area contributed by atoms with E-state index in [9.17, 15) is 19.2 Å². The second kappa shape index (κ2) is 8.05. The van der Waals surface area contributed by atoms with Crippen molar-refractivity contribution in [3.05, 3.63) is 69.0 Å². The third-order valence-corrected chi connectivity index (χ3v) is 3.36. The van der Waals surface area contributed by atoms with E-state index in [1.165, 1.54) is 22.9 Å². The lowest BCUT2D eigenvalue weighted by Gasteiger charge is -2.09. The first-order chi connectivity index (χ1) is 11.5. The lowest BCUT2D eigenvalue weighted by Crippen LogP contribution is -2.43. The maximum absolute atomic E-state index is 12.4. The second-order valence-electron chi connectivity index (χ2n) is 5.05. The number of hydrogen-bond acceptors (Lipinski definition) is 5. The summed E-state index contributed by atoms with van der Waals surface area (Å²) >= 11 is 0. The summed E-state index contributed by atoms with van der Waals surface area (Å²) in [4.78, 5) is 48.0. The summed E-state index contributed by atoms with van der Waals surface area (Å²) < 4.78 is 6.65. The molecule has 1 aromatic heterocycles. The second-order valence-corrected chi connectivity index (χ2v) is 5.05. The van der Waals surface area contributed by atoms with Gasteiger partial charge in [-0.2, -0.15) is 4.57 Å². The third-order valence-electron chi connectivity index (χ3n) is 3.36. The van der Waals surface area contributed by atoms with Gasteiger partial charge in [0.25, 0.3) is 11.5 Å². The van der Waals surface area contributed by atoms with Crippen LogP contribution in [0.2, 0.25) is 0 Å². The van der Waals surface area contributed by atoms with Crippen LogP contribution in [0.4, 0.5) is 0 Å². The van der Waals surface area contributed by atoms with Crippen LogP contribution in [0.25, 0.3) is 0 Å². The zero-order valence-corrected chi connectivity index (χ0v) is 13.3. The molecule has 126 valence electrons. The van der Waals surface area contributed by atoms with E-state index in [-0.39, 0.29) is 24.5 Å². The highest BCUT2D eigenvalue weighted by Gasteiger charge is 2.15. The molecule has 1 heterocycles. The third kappa shape index (κ3) is 4.07. The van der Waals surface area contributed by atoms with Gasteiger partial charge in [0.2, 0.25) is 0 Å². The Morgan fingerprint density at radius 3 is 2.46 bits per heavy atom. The maximum Gasteiger partial charge on any atom is 0.338 e. The van der Waals surface area contributed by atoms with Gasteiger partial charge in [-0.05, 0) is 25.5 Å². The summed E-state index contributed by atoms with van der Waals surface area (Å²) in [6.45, 7) is 2.22. The number of aromatic nitrogens is 2. The number of hydrogen-bond donors (Lipinski definition) is 0. The predicted molar refractivity (Wildman–Crippen MR) is 87.0 cm³/mol. The van der Waals surface area contributed by atoms with Gasteiger partial charge >= 0.3 is 11.7 Å². The molecule has 2 aromatic rings. The number of carbonyl (C=O) groups is 2. The molecule has 0 saturated carbocycles. The monoisotopic (exact) mass is 330 g/mol. The Hall–Kier alpha value is -2.96. The van der Waals surface area contributed by atoms with Crippen molar-refractivity contribution in [1.29, 1.82) is 0 Å². The van der Waals surface area contributed by atoms with Gasteiger partial charge in [0.05, 0.1) is 6.61 Å². The quantitative estimate of drug-likeness (QED) is 0.739. The summed E-state index contributed by atoms with van der Waals surface area (Å²) in [5.74, 6) is -1.02. The molecule has 24 heavy (non-hydrogen) atoms. The van der Waals surface area contributed by atoms with Crippen molar-refractivity contribution < 1.29 is 14.3 Å². The molecule has 7 heteroatoms. The molecular weight excluding hydrogens is 312 g/mol. The Labute approximate surface area is 138 Å². The molecule has 0 fully saturated rings. The fourth-order valence-corrected chi connectivity index (χ4v) is 2.21. The van der Waals surface area contributed by atoms with Gasteiger partial charge < -0.3 is 9.30 Å². The van der Waals surface area contributed by atoms with Crippen LogP contribution < -0.4 is 11.2 Å².